The number of allylic oxidation sites excluding steroid dienone is 3. The molecular weight excluding hydrogens is 412 g/mol. The molecule has 1 aliphatic rings. The third-order valence-electron chi connectivity index (χ3n) is 5.76. The van der Waals surface area contributed by atoms with E-state index in [9.17, 15) is 4.79 Å². The van der Waals surface area contributed by atoms with Crippen molar-refractivity contribution in [2.75, 3.05) is 5.32 Å². The molecule has 2 aromatic heterocycles. The minimum Gasteiger partial charge on any atom is -0.331 e. The number of carbonyl (C=O) groups excluding carboxylic acids is 1. The first-order chi connectivity index (χ1) is 16.0. The second-order valence-electron chi connectivity index (χ2n) is 8.27. The first kappa shape index (κ1) is 22.3. The summed E-state index contributed by atoms with van der Waals surface area (Å²) >= 11 is 0. The van der Waals surface area contributed by atoms with Gasteiger partial charge in [-0.1, -0.05) is 55.5 Å². The molecule has 0 saturated heterocycles. The molecule has 0 spiro atoms. The van der Waals surface area contributed by atoms with Crippen LogP contribution in [0.15, 0.2) is 79.2 Å². The molecule has 0 fully saturated rings. The minimum atomic E-state index is -0.278. The number of aryl methyl sites for hydroxylation is 1. The van der Waals surface area contributed by atoms with E-state index in [2.05, 4.69) is 28.4 Å². The predicted octanol–water partition coefficient (Wildman–Crippen LogP) is 5.31. The molecule has 7 heteroatoms. The number of benzene rings is 1. The molecule has 0 bridgehead atoms. The third-order valence-corrected chi connectivity index (χ3v) is 5.76. The maximum absolute atomic E-state index is 13.1. The molecule has 2 heterocycles. The van der Waals surface area contributed by atoms with Crippen molar-refractivity contribution in [3.63, 3.8) is 0 Å². The van der Waals surface area contributed by atoms with Crippen LogP contribution in [-0.2, 0) is 7.05 Å². The second kappa shape index (κ2) is 10.2. The van der Waals surface area contributed by atoms with Gasteiger partial charge in [0.25, 0.3) is 0 Å². The number of nitrogens with zero attached hydrogens (tertiary/aromatic N) is 4. The van der Waals surface area contributed by atoms with Gasteiger partial charge in [0.2, 0.25) is 0 Å². The Labute approximate surface area is 194 Å². The van der Waals surface area contributed by atoms with E-state index >= 15 is 0 Å². The molecular formula is C26H30N6O. The van der Waals surface area contributed by atoms with Crippen LogP contribution in [0.3, 0.4) is 0 Å². The van der Waals surface area contributed by atoms with E-state index in [0.717, 1.165) is 53.8 Å². The van der Waals surface area contributed by atoms with Gasteiger partial charge in [0, 0.05) is 24.4 Å². The number of hydrogen-bond acceptors (Lipinski definition) is 3. The van der Waals surface area contributed by atoms with Crippen molar-refractivity contribution in [2.24, 2.45) is 7.05 Å². The van der Waals surface area contributed by atoms with Crippen LogP contribution < -0.4 is 10.6 Å². The molecule has 0 radical (unpaired) electrons. The highest BCUT2D eigenvalue weighted by Crippen LogP contribution is 2.30. The second-order valence-corrected chi connectivity index (χ2v) is 8.27. The van der Waals surface area contributed by atoms with Crippen LogP contribution in [0.4, 0.5) is 10.6 Å². The lowest BCUT2D eigenvalue weighted by Crippen LogP contribution is -2.39. The van der Waals surface area contributed by atoms with Crippen LogP contribution >= 0.6 is 0 Å². The molecule has 2 N–H and O–H groups in total. The summed E-state index contributed by atoms with van der Waals surface area (Å²) in [6, 6.07) is 9.37. The number of amides is 2. The zero-order valence-electron chi connectivity index (χ0n) is 19.2. The van der Waals surface area contributed by atoms with Crippen LogP contribution in [0.5, 0.6) is 0 Å². The summed E-state index contributed by atoms with van der Waals surface area (Å²) in [5.41, 5.74) is 4.30. The standard InChI is InChI=1S/C26H30N6O/c1-19-13-9-6-4-5-7-12-16-23(19)28-26(33)29-25-20(2)24(21-17-27-31(3)18-21)30-32(25)22-14-10-8-11-15-22/h4,6,8-11,13-15,17-18,23H,1,5,7,12,16H2,2-3H3,(H2,28,29,33)/b6-4-,13-9-. The number of urea groups is 1. The summed E-state index contributed by atoms with van der Waals surface area (Å²) in [5.74, 6) is 0.626. The number of anilines is 1. The third kappa shape index (κ3) is 5.31. The van der Waals surface area contributed by atoms with Crippen molar-refractivity contribution >= 4 is 11.8 Å². The number of nitrogens with one attached hydrogen (secondary N) is 2. The van der Waals surface area contributed by atoms with Gasteiger partial charge in [-0.3, -0.25) is 10.00 Å². The largest absolute Gasteiger partial charge is 0.331 e. The van der Waals surface area contributed by atoms with Gasteiger partial charge in [-0.05, 0) is 43.9 Å². The molecule has 1 aromatic carbocycles. The molecule has 170 valence electrons. The fraction of sp³-hybridized carbons (Fsp3) is 0.269. The fourth-order valence-electron chi connectivity index (χ4n) is 3.95. The monoisotopic (exact) mass is 442 g/mol. The summed E-state index contributed by atoms with van der Waals surface area (Å²) in [6.45, 7) is 6.13. The number of hydrogen-bond donors (Lipinski definition) is 2. The molecule has 4 rings (SSSR count). The quantitative estimate of drug-likeness (QED) is 0.575. The van der Waals surface area contributed by atoms with Crippen LogP contribution in [0.1, 0.15) is 31.2 Å². The minimum absolute atomic E-state index is 0.126. The van der Waals surface area contributed by atoms with Gasteiger partial charge in [0.05, 0.1) is 17.9 Å². The Morgan fingerprint density at radius 3 is 2.76 bits per heavy atom. The Morgan fingerprint density at radius 2 is 2.00 bits per heavy atom. The average molecular weight is 443 g/mol. The first-order valence-electron chi connectivity index (χ1n) is 11.3. The number of aromatic nitrogens is 4. The summed E-state index contributed by atoms with van der Waals surface area (Å²) in [5, 5.41) is 15.2. The van der Waals surface area contributed by atoms with E-state index in [1.807, 2.05) is 68.7 Å². The lowest BCUT2D eigenvalue weighted by atomic mass is 10.00. The Balaban J connectivity index is 1.61. The summed E-state index contributed by atoms with van der Waals surface area (Å²) in [7, 11) is 1.87. The van der Waals surface area contributed by atoms with E-state index in [4.69, 9.17) is 5.10 Å². The molecule has 3 aromatic rings. The summed E-state index contributed by atoms with van der Waals surface area (Å²) in [6.07, 6.45) is 15.8. The van der Waals surface area contributed by atoms with Crippen molar-refractivity contribution in [1.82, 2.24) is 24.9 Å². The molecule has 1 aliphatic carbocycles. The average Bonchev–Trinajstić information content (AvgIpc) is 3.38. The Kier molecular flexibility index (Phi) is 6.88. The van der Waals surface area contributed by atoms with Crippen molar-refractivity contribution in [1.29, 1.82) is 0 Å². The maximum Gasteiger partial charge on any atom is 0.320 e. The van der Waals surface area contributed by atoms with E-state index < -0.39 is 0 Å². The fourth-order valence-corrected chi connectivity index (χ4v) is 3.95. The SMILES string of the molecule is C=C1/C=C\C=C/CCCCC1NC(=O)Nc1c(C)c(-c2cnn(C)c2)nn1-c1ccccc1. The summed E-state index contributed by atoms with van der Waals surface area (Å²) < 4.78 is 3.51. The van der Waals surface area contributed by atoms with Crippen LogP contribution in [-0.4, -0.2) is 31.6 Å². The van der Waals surface area contributed by atoms with Gasteiger partial charge >= 0.3 is 6.03 Å². The van der Waals surface area contributed by atoms with Crippen LogP contribution in [0.25, 0.3) is 16.9 Å². The van der Waals surface area contributed by atoms with E-state index in [-0.39, 0.29) is 12.1 Å². The Bertz CT molecular complexity index is 1180. The van der Waals surface area contributed by atoms with Crippen LogP contribution in [0, 0.1) is 6.92 Å². The maximum atomic E-state index is 13.1. The smallest absolute Gasteiger partial charge is 0.320 e. The normalized spacial score (nSPS) is 18.5. The van der Waals surface area contributed by atoms with Gasteiger partial charge in [0.1, 0.15) is 11.5 Å². The lowest BCUT2D eigenvalue weighted by Gasteiger charge is -2.20. The van der Waals surface area contributed by atoms with E-state index in [1.54, 1.807) is 15.6 Å². The highest BCUT2D eigenvalue weighted by molar-refractivity contribution is 5.91. The summed E-state index contributed by atoms with van der Waals surface area (Å²) in [4.78, 5) is 13.1. The van der Waals surface area contributed by atoms with Gasteiger partial charge in [-0.25, -0.2) is 9.48 Å². The van der Waals surface area contributed by atoms with E-state index in [1.165, 1.54) is 0 Å². The topological polar surface area (TPSA) is 76.8 Å². The molecule has 0 aliphatic heterocycles. The predicted molar refractivity (Wildman–Crippen MR) is 132 cm³/mol. The molecule has 0 saturated carbocycles. The highest BCUT2D eigenvalue weighted by Gasteiger charge is 2.21. The highest BCUT2D eigenvalue weighted by atomic mass is 16.2. The molecule has 7 nitrogen and oxygen atoms in total. The van der Waals surface area contributed by atoms with Crippen molar-refractivity contribution in [3.05, 3.63) is 84.7 Å². The van der Waals surface area contributed by atoms with Gasteiger partial charge in [-0.15, -0.1) is 0 Å². The van der Waals surface area contributed by atoms with Crippen molar-refractivity contribution < 1.29 is 4.79 Å². The number of carbonyl (C=O) groups is 1. The van der Waals surface area contributed by atoms with Crippen molar-refractivity contribution in [3.8, 4) is 16.9 Å². The lowest BCUT2D eigenvalue weighted by molar-refractivity contribution is 0.249. The molecule has 1 unspecified atom stereocenters. The van der Waals surface area contributed by atoms with E-state index in [0.29, 0.717) is 5.82 Å². The van der Waals surface area contributed by atoms with Crippen LogP contribution in [0.2, 0.25) is 0 Å². The van der Waals surface area contributed by atoms with Gasteiger partial charge in [0.15, 0.2) is 0 Å². The van der Waals surface area contributed by atoms with Gasteiger partial charge in [-0.2, -0.15) is 10.2 Å². The molecule has 33 heavy (non-hydrogen) atoms. The van der Waals surface area contributed by atoms with Gasteiger partial charge < -0.3 is 5.32 Å². The molecule has 2 amide bonds. The zero-order valence-corrected chi connectivity index (χ0v) is 19.2. The number of rotatable bonds is 4. The zero-order chi connectivity index (χ0) is 23.2. The Hall–Kier alpha value is -3.87. The number of para-hydroxylation sites is 1. The Morgan fingerprint density at radius 1 is 1.18 bits per heavy atom. The van der Waals surface area contributed by atoms with Crippen molar-refractivity contribution in [2.45, 2.75) is 38.6 Å². The molecule has 1 atom stereocenters. The first-order valence-corrected chi connectivity index (χ1v) is 11.3.